The smallest absolute Gasteiger partial charge is 0.402 e. The molecule has 5 N–H and O–H groups in total. The fourth-order valence-electron chi connectivity index (χ4n) is 3.89. The Labute approximate surface area is 187 Å². The fraction of sp³-hybridized carbons (Fsp3) is 0.0769. The summed E-state index contributed by atoms with van der Waals surface area (Å²) in [6.07, 6.45) is 0. The standard InChI is InChI=1S/C26H22O2.BH3O3/c27-25(21-13-5-1-6-14-21,22-15-7-2-8-16-22)26(28,23-17-9-3-10-18-23)24-19-11-4-12-20-24;2-1(3)4/h1-20,27-28H;2-4H. The third-order valence-electron chi connectivity index (χ3n) is 5.29. The van der Waals surface area contributed by atoms with E-state index in [2.05, 4.69) is 0 Å². The van der Waals surface area contributed by atoms with Crippen molar-refractivity contribution in [2.75, 3.05) is 0 Å². The second-order valence-electron chi connectivity index (χ2n) is 7.23. The summed E-state index contributed by atoms with van der Waals surface area (Å²) in [6.45, 7) is 0. The molecule has 5 nitrogen and oxygen atoms in total. The molecule has 0 atom stereocenters. The SMILES string of the molecule is OB(O)O.OC(c1ccccc1)(c1ccccc1)C(O)(c1ccccc1)c1ccccc1. The molecule has 162 valence electrons. The zero-order chi connectivity index (χ0) is 23.0. The van der Waals surface area contributed by atoms with Gasteiger partial charge in [0.2, 0.25) is 0 Å². The third kappa shape index (κ3) is 4.65. The van der Waals surface area contributed by atoms with Gasteiger partial charge < -0.3 is 25.3 Å². The Balaban J connectivity index is 0.000000668. The lowest BCUT2D eigenvalue weighted by Gasteiger charge is -2.45. The molecule has 0 aromatic heterocycles. The number of benzene rings is 4. The molecule has 0 amide bonds. The molecule has 0 heterocycles. The molecule has 0 spiro atoms. The largest absolute Gasteiger partial charge is 0.631 e. The Bertz CT molecular complexity index is 905. The number of hydrogen-bond donors (Lipinski definition) is 5. The van der Waals surface area contributed by atoms with Crippen LogP contribution in [0.3, 0.4) is 0 Å². The Hall–Kier alpha value is -3.26. The summed E-state index contributed by atoms with van der Waals surface area (Å²) in [4.78, 5) is 0. The minimum atomic E-state index is -2.17. The van der Waals surface area contributed by atoms with Crippen LogP contribution in [0.25, 0.3) is 0 Å². The topological polar surface area (TPSA) is 101 Å². The molecule has 0 saturated heterocycles. The van der Waals surface area contributed by atoms with Gasteiger partial charge in [-0.1, -0.05) is 121 Å². The minimum absolute atomic E-state index is 0.622. The van der Waals surface area contributed by atoms with Crippen molar-refractivity contribution in [2.24, 2.45) is 0 Å². The lowest BCUT2D eigenvalue weighted by atomic mass is 9.66. The van der Waals surface area contributed by atoms with Crippen molar-refractivity contribution in [3.63, 3.8) is 0 Å². The van der Waals surface area contributed by atoms with Crippen LogP contribution >= 0.6 is 0 Å². The average Bonchev–Trinajstić information content (AvgIpc) is 2.85. The maximum atomic E-state index is 12.3. The predicted molar refractivity (Wildman–Crippen MR) is 124 cm³/mol. The average molecular weight is 428 g/mol. The van der Waals surface area contributed by atoms with Crippen molar-refractivity contribution in [2.45, 2.75) is 11.2 Å². The van der Waals surface area contributed by atoms with Crippen molar-refractivity contribution < 1.29 is 25.3 Å². The first-order valence-corrected chi connectivity index (χ1v) is 10.1. The lowest BCUT2D eigenvalue weighted by Crippen LogP contribution is -2.51. The molecule has 0 aliphatic rings. The molecule has 32 heavy (non-hydrogen) atoms. The second-order valence-corrected chi connectivity index (χ2v) is 7.23. The summed E-state index contributed by atoms with van der Waals surface area (Å²) in [7, 11) is -2.17. The maximum Gasteiger partial charge on any atom is 0.631 e. The van der Waals surface area contributed by atoms with E-state index in [9.17, 15) is 10.2 Å². The monoisotopic (exact) mass is 428 g/mol. The van der Waals surface area contributed by atoms with Gasteiger partial charge in [0.15, 0.2) is 11.2 Å². The quantitative estimate of drug-likeness (QED) is 0.315. The molecular weight excluding hydrogens is 403 g/mol. The van der Waals surface area contributed by atoms with Crippen molar-refractivity contribution >= 4 is 7.32 Å². The van der Waals surface area contributed by atoms with Gasteiger partial charge in [-0.25, -0.2) is 0 Å². The molecule has 4 aromatic carbocycles. The van der Waals surface area contributed by atoms with E-state index in [1.807, 2.05) is 121 Å². The lowest BCUT2D eigenvalue weighted by molar-refractivity contribution is -0.113. The van der Waals surface area contributed by atoms with E-state index >= 15 is 0 Å². The molecule has 0 aliphatic heterocycles. The van der Waals surface area contributed by atoms with Gasteiger partial charge in [-0.2, -0.15) is 0 Å². The highest BCUT2D eigenvalue weighted by atomic mass is 16.5. The van der Waals surface area contributed by atoms with Gasteiger partial charge >= 0.3 is 7.32 Å². The predicted octanol–water partition coefficient (Wildman–Crippen LogP) is 2.81. The maximum absolute atomic E-state index is 12.3. The Morgan fingerprint density at radius 1 is 0.375 bits per heavy atom. The summed E-state index contributed by atoms with van der Waals surface area (Å²) in [5, 5.41) is 46.2. The highest BCUT2D eigenvalue weighted by molar-refractivity contribution is 6.30. The van der Waals surface area contributed by atoms with Gasteiger partial charge in [-0.15, -0.1) is 0 Å². The van der Waals surface area contributed by atoms with Gasteiger partial charge in [0.1, 0.15) is 0 Å². The third-order valence-corrected chi connectivity index (χ3v) is 5.29. The van der Waals surface area contributed by atoms with E-state index in [1.54, 1.807) is 0 Å². The van der Waals surface area contributed by atoms with Crippen LogP contribution < -0.4 is 0 Å². The molecule has 0 saturated carbocycles. The molecule has 0 radical (unpaired) electrons. The van der Waals surface area contributed by atoms with Gasteiger partial charge in [0.05, 0.1) is 0 Å². The molecule has 4 aromatic rings. The number of aliphatic hydroxyl groups is 2. The number of rotatable bonds is 5. The Kier molecular flexibility index (Phi) is 7.59. The van der Waals surface area contributed by atoms with Crippen LogP contribution in [0.2, 0.25) is 0 Å². The van der Waals surface area contributed by atoms with E-state index < -0.39 is 18.5 Å². The second kappa shape index (κ2) is 10.4. The van der Waals surface area contributed by atoms with Gasteiger partial charge in [0, 0.05) is 0 Å². The minimum Gasteiger partial charge on any atom is -0.402 e. The van der Waals surface area contributed by atoms with E-state index in [0.29, 0.717) is 22.3 Å². The molecule has 0 aliphatic carbocycles. The molecular formula is C26H25BO5. The van der Waals surface area contributed by atoms with Crippen LogP contribution in [0.15, 0.2) is 121 Å². The van der Waals surface area contributed by atoms with Gasteiger partial charge in [-0.3, -0.25) is 0 Å². The first kappa shape index (κ1) is 23.4. The van der Waals surface area contributed by atoms with E-state index in [4.69, 9.17) is 15.1 Å². The van der Waals surface area contributed by atoms with Crippen LogP contribution in [0.1, 0.15) is 22.3 Å². The van der Waals surface area contributed by atoms with Crippen molar-refractivity contribution in [1.29, 1.82) is 0 Å². The van der Waals surface area contributed by atoms with Crippen LogP contribution in [-0.2, 0) is 11.2 Å². The highest BCUT2D eigenvalue weighted by Gasteiger charge is 2.54. The van der Waals surface area contributed by atoms with E-state index in [-0.39, 0.29) is 0 Å². The Morgan fingerprint density at radius 2 is 0.531 bits per heavy atom. The molecule has 0 unspecified atom stereocenters. The molecule has 0 fully saturated rings. The van der Waals surface area contributed by atoms with Crippen LogP contribution in [0.4, 0.5) is 0 Å². The summed E-state index contributed by atoms with van der Waals surface area (Å²) in [6, 6.07) is 37.4. The molecule has 4 rings (SSSR count). The normalized spacial score (nSPS) is 11.3. The van der Waals surface area contributed by atoms with Crippen LogP contribution in [0.5, 0.6) is 0 Å². The van der Waals surface area contributed by atoms with Crippen LogP contribution in [0, 0.1) is 0 Å². The van der Waals surface area contributed by atoms with Crippen molar-refractivity contribution in [3.8, 4) is 0 Å². The molecule has 6 heteroatoms. The number of hydrogen-bond acceptors (Lipinski definition) is 5. The zero-order valence-electron chi connectivity index (χ0n) is 17.4. The van der Waals surface area contributed by atoms with E-state index in [1.165, 1.54) is 0 Å². The van der Waals surface area contributed by atoms with Gasteiger partial charge in [0.25, 0.3) is 0 Å². The first-order chi connectivity index (χ1) is 15.4. The fourth-order valence-corrected chi connectivity index (χ4v) is 3.89. The van der Waals surface area contributed by atoms with Crippen molar-refractivity contribution in [3.05, 3.63) is 144 Å². The van der Waals surface area contributed by atoms with Crippen LogP contribution in [-0.4, -0.2) is 32.6 Å². The molecule has 0 bridgehead atoms. The highest BCUT2D eigenvalue weighted by Crippen LogP contribution is 2.49. The van der Waals surface area contributed by atoms with Gasteiger partial charge in [-0.05, 0) is 22.3 Å². The summed E-state index contributed by atoms with van der Waals surface area (Å²) in [5.74, 6) is 0. The summed E-state index contributed by atoms with van der Waals surface area (Å²) >= 11 is 0. The van der Waals surface area contributed by atoms with Crippen molar-refractivity contribution in [1.82, 2.24) is 0 Å². The first-order valence-electron chi connectivity index (χ1n) is 10.1. The van der Waals surface area contributed by atoms with E-state index in [0.717, 1.165) is 0 Å². The summed E-state index contributed by atoms with van der Waals surface area (Å²) < 4.78 is 0. The summed E-state index contributed by atoms with van der Waals surface area (Å²) in [5.41, 5.74) is -0.906. The zero-order valence-corrected chi connectivity index (χ0v) is 17.4. The Morgan fingerprint density at radius 3 is 0.688 bits per heavy atom.